The van der Waals surface area contributed by atoms with Crippen LogP contribution in [0.3, 0.4) is 0 Å². The molecule has 108 valence electrons. The first-order valence-electron chi connectivity index (χ1n) is 6.78. The van der Waals surface area contributed by atoms with Crippen molar-refractivity contribution in [2.45, 2.75) is 43.9 Å². The molecule has 1 aromatic carbocycles. The molecule has 3 rings (SSSR count). The van der Waals surface area contributed by atoms with Crippen molar-refractivity contribution < 1.29 is 22.7 Å². The van der Waals surface area contributed by atoms with Gasteiger partial charge in [0.05, 0.1) is 17.9 Å². The largest absolute Gasteiger partial charge is 0.486 e. The molecule has 1 spiro atoms. The van der Waals surface area contributed by atoms with Gasteiger partial charge in [-0.15, -0.1) is 0 Å². The average molecular weight is 284 g/mol. The van der Waals surface area contributed by atoms with Crippen molar-refractivity contribution in [2.24, 2.45) is 5.92 Å². The number of hydrogen-bond acceptors (Lipinski definition) is 2. The number of Topliss-reactive ketones (excluding diaryl/α,β-unsaturated/α-hetero) is 1. The Morgan fingerprint density at radius 3 is 2.45 bits per heavy atom. The number of ketones is 1. The van der Waals surface area contributed by atoms with E-state index in [9.17, 15) is 18.0 Å². The Morgan fingerprint density at radius 1 is 1.15 bits per heavy atom. The molecule has 1 aliphatic carbocycles. The Kier molecular flexibility index (Phi) is 3.03. The van der Waals surface area contributed by atoms with Crippen LogP contribution in [-0.4, -0.2) is 17.6 Å². The number of para-hydroxylation sites is 1. The van der Waals surface area contributed by atoms with Crippen molar-refractivity contribution in [3.05, 3.63) is 29.8 Å². The van der Waals surface area contributed by atoms with E-state index >= 15 is 0 Å². The first kappa shape index (κ1) is 13.5. The Bertz CT molecular complexity index is 528. The lowest BCUT2D eigenvalue weighted by Gasteiger charge is -2.43. The molecule has 2 aliphatic rings. The Balaban J connectivity index is 1.79. The third-order valence-electron chi connectivity index (χ3n) is 4.36. The van der Waals surface area contributed by atoms with Gasteiger partial charge >= 0.3 is 6.18 Å². The van der Waals surface area contributed by atoms with Gasteiger partial charge in [-0.05, 0) is 37.8 Å². The smallest absolute Gasteiger partial charge is 0.391 e. The zero-order valence-corrected chi connectivity index (χ0v) is 10.9. The fourth-order valence-electron chi connectivity index (χ4n) is 3.19. The van der Waals surface area contributed by atoms with E-state index in [2.05, 4.69) is 0 Å². The average Bonchev–Trinajstić information content (AvgIpc) is 2.38. The summed E-state index contributed by atoms with van der Waals surface area (Å²) in [5.74, 6) is -0.782. The molecule has 0 bridgehead atoms. The lowest BCUT2D eigenvalue weighted by molar-refractivity contribution is -0.190. The molecule has 0 saturated heterocycles. The molecule has 1 heterocycles. The third-order valence-corrected chi connectivity index (χ3v) is 4.36. The molecule has 0 amide bonds. The minimum Gasteiger partial charge on any atom is -0.486 e. The minimum atomic E-state index is -4.14. The molecular weight excluding hydrogens is 269 g/mol. The maximum absolute atomic E-state index is 12.7. The first-order valence-corrected chi connectivity index (χ1v) is 6.78. The number of rotatable bonds is 0. The van der Waals surface area contributed by atoms with Crippen LogP contribution in [0, 0.1) is 5.92 Å². The van der Waals surface area contributed by atoms with E-state index in [1.165, 1.54) is 0 Å². The van der Waals surface area contributed by atoms with Crippen LogP contribution in [0.5, 0.6) is 5.75 Å². The van der Waals surface area contributed by atoms with Crippen molar-refractivity contribution in [2.75, 3.05) is 0 Å². The van der Waals surface area contributed by atoms with Gasteiger partial charge in [-0.2, -0.15) is 13.2 Å². The maximum Gasteiger partial charge on any atom is 0.391 e. The number of alkyl halides is 3. The number of fused-ring (bicyclic) bond motifs is 1. The summed E-state index contributed by atoms with van der Waals surface area (Å²) in [4.78, 5) is 12.1. The first-order chi connectivity index (χ1) is 9.40. The highest BCUT2D eigenvalue weighted by atomic mass is 19.4. The number of hydrogen-bond donors (Lipinski definition) is 0. The molecule has 1 saturated carbocycles. The number of halogens is 3. The van der Waals surface area contributed by atoms with E-state index in [0.29, 0.717) is 11.3 Å². The second-order valence-corrected chi connectivity index (χ2v) is 5.70. The Morgan fingerprint density at radius 2 is 1.80 bits per heavy atom. The van der Waals surface area contributed by atoms with Gasteiger partial charge in [0.15, 0.2) is 5.78 Å². The zero-order chi connectivity index (χ0) is 14.4. The molecule has 0 unspecified atom stereocenters. The van der Waals surface area contributed by atoms with Crippen LogP contribution < -0.4 is 4.74 Å². The highest BCUT2D eigenvalue weighted by molar-refractivity contribution is 6.00. The molecule has 0 aromatic heterocycles. The molecule has 20 heavy (non-hydrogen) atoms. The molecule has 1 aliphatic heterocycles. The van der Waals surface area contributed by atoms with Crippen molar-refractivity contribution in [1.82, 2.24) is 0 Å². The standard InChI is InChI=1S/C15H15F3O2/c16-15(17,18)10-5-7-14(8-6-10)9-12(19)11-3-1-2-4-13(11)20-14/h1-4,10H,5-9H2. The molecule has 0 atom stereocenters. The van der Waals surface area contributed by atoms with E-state index in [4.69, 9.17) is 4.74 Å². The van der Waals surface area contributed by atoms with Crippen LogP contribution in [-0.2, 0) is 0 Å². The summed E-state index contributed by atoms with van der Waals surface area (Å²) in [6, 6.07) is 6.95. The van der Waals surface area contributed by atoms with E-state index < -0.39 is 17.7 Å². The predicted octanol–water partition coefficient (Wildman–Crippen LogP) is 4.14. The van der Waals surface area contributed by atoms with Crippen LogP contribution in [0.25, 0.3) is 0 Å². The number of ether oxygens (including phenoxy) is 1. The van der Waals surface area contributed by atoms with Crippen molar-refractivity contribution in [3.8, 4) is 5.75 Å². The second-order valence-electron chi connectivity index (χ2n) is 5.70. The van der Waals surface area contributed by atoms with Crippen molar-refractivity contribution in [3.63, 3.8) is 0 Å². The van der Waals surface area contributed by atoms with Crippen LogP contribution in [0.4, 0.5) is 13.2 Å². The molecule has 0 N–H and O–H groups in total. The fraction of sp³-hybridized carbons (Fsp3) is 0.533. The van der Waals surface area contributed by atoms with Crippen molar-refractivity contribution in [1.29, 1.82) is 0 Å². The highest BCUT2D eigenvalue weighted by Crippen LogP contribution is 2.46. The van der Waals surface area contributed by atoms with E-state index in [0.717, 1.165) is 0 Å². The Hall–Kier alpha value is -1.52. The van der Waals surface area contributed by atoms with Gasteiger partial charge in [0.2, 0.25) is 0 Å². The highest BCUT2D eigenvalue weighted by Gasteiger charge is 2.49. The maximum atomic E-state index is 12.7. The monoisotopic (exact) mass is 284 g/mol. The third kappa shape index (κ3) is 2.30. The SMILES string of the molecule is O=C1CC2(CCC(C(F)(F)F)CC2)Oc2ccccc21. The molecule has 0 radical (unpaired) electrons. The van der Waals surface area contributed by atoms with Gasteiger partial charge in [-0.25, -0.2) is 0 Å². The number of carbonyl (C=O) groups excluding carboxylic acids is 1. The van der Waals surface area contributed by atoms with E-state index in [1.54, 1.807) is 24.3 Å². The lowest BCUT2D eigenvalue weighted by atomic mass is 9.74. The lowest BCUT2D eigenvalue weighted by Crippen LogP contribution is -2.46. The summed E-state index contributed by atoms with van der Waals surface area (Å²) in [7, 11) is 0. The summed E-state index contributed by atoms with van der Waals surface area (Å²) in [6.45, 7) is 0. The normalized spacial score (nSPS) is 29.9. The number of benzene rings is 1. The summed E-state index contributed by atoms with van der Waals surface area (Å²) in [6.07, 6.45) is -3.29. The van der Waals surface area contributed by atoms with E-state index in [-0.39, 0.29) is 37.9 Å². The zero-order valence-electron chi connectivity index (χ0n) is 10.9. The molecule has 1 aromatic rings. The molecular formula is C15H15F3O2. The summed E-state index contributed by atoms with van der Waals surface area (Å²) in [5, 5.41) is 0. The minimum absolute atomic E-state index is 0.0303. The van der Waals surface area contributed by atoms with Crippen LogP contribution in [0.15, 0.2) is 24.3 Å². The number of carbonyl (C=O) groups is 1. The second kappa shape index (κ2) is 4.50. The molecule has 2 nitrogen and oxygen atoms in total. The molecule has 5 heteroatoms. The van der Waals surface area contributed by atoms with Gasteiger partial charge in [0.25, 0.3) is 0 Å². The fourth-order valence-corrected chi connectivity index (χ4v) is 3.19. The van der Waals surface area contributed by atoms with Crippen LogP contribution >= 0.6 is 0 Å². The van der Waals surface area contributed by atoms with Gasteiger partial charge in [0.1, 0.15) is 11.4 Å². The summed E-state index contributed by atoms with van der Waals surface area (Å²) >= 11 is 0. The summed E-state index contributed by atoms with van der Waals surface area (Å²) in [5.41, 5.74) is -0.191. The van der Waals surface area contributed by atoms with Gasteiger partial charge in [0, 0.05) is 0 Å². The van der Waals surface area contributed by atoms with Crippen LogP contribution in [0.1, 0.15) is 42.5 Å². The van der Waals surface area contributed by atoms with E-state index in [1.807, 2.05) is 0 Å². The molecule has 1 fully saturated rings. The summed E-state index contributed by atoms with van der Waals surface area (Å²) < 4.78 is 44.0. The topological polar surface area (TPSA) is 26.3 Å². The van der Waals surface area contributed by atoms with Gasteiger partial charge in [-0.3, -0.25) is 4.79 Å². The van der Waals surface area contributed by atoms with Crippen molar-refractivity contribution >= 4 is 5.78 Å². The van der Waals surface area contributed by atoms with Gasteiger partial charge < -0.3 is 4.74 Å². The van der Waals surface area contributed by atoms with Crippen LogP contribution in [0.2, 0.25) is 0 Å². The van der Waals surface area contributed by atoms with Gasteiger partial charge in [-0.1, -0.05) is 12.1 Å². The quantitative estimate of drug-likeness (QED) is 0.715. The predicted molar refractivity (Wildman–Crippen MR) is 66.8 cm³/mol. The Labute approximate surface area is 114 Å².